The van der Waals surface area contributed by atoms with Crippen molar-refractivity contribution in [3.8, 4) is 22.9 Å². The average Bonchev–Trinajstić information content (AvgIpc) is 3.52. The van der Waals surface area contributed by atoms with Gasteiger partial charge in [-0.1, -0.05) is 6.07 Å². The van der Waals surface area contributed by atoms with E-state index >= 15 is 0 Å². The Kier molecular flexibility index (Phi) is 4.05. The molecule has 0 fully saturated rings. The number of aryl methyl sites for hydroxylation is 1. The SMILES string of the molecule is Nc1ncccc1-c1nc2cc(F)c(-n3cccn3)nc2n1-c1ccc2c(c1)CCC2N. The Bertz CT molecular complexity index is 1470. The molecule has 0 aliphatic heterocycles. The molecule has 9 heteroatoms. The zero-order chi connectivity index (χ0) is 21.8. The van der Waals surface area contributed by atoms with Gasteiger partial charge < -0.3 is 11.5 Å². The van der Waals surface area contributed by atoms with E-state index in [4.69, 9.17) is 16.5 Å². The number of hydrogen-bond donors (Lipinski definition) is 2. The predicted octanol–water partition coefficient (Wildman–Crippen LogP) is 3.34. The molecule has 4 heterocycles. The first-order valence-electron chi connectivity index (χ1n) is 10.3. The minimum absolute atomic E-state index is 0.0469. The number of fused-ring (bicyclic) bond motifs is 2. The average molecular weight is 426 g/mol. The molecular weight excluding hydrogens is 407 g/mol. The summed E-state index contributed by atoms with van der Waals surface area (Å²) in [6.45, 7) is 0. The molecule has 0 bridgehead atoms. The number of rotatable bonds is 3. The maximum absolute atomic E-state index is 14.9. The third kappa shape index (κ3) is 2.78. The van der Waals surface area contributed by atoms with Crippen LogP contribution in [0.2, 0.25) is 0 Å². The van der Waals surface area contributed by atoms with Crippen molar-refractivity contribution >= 4 is 17.0 Å². The minimum Gasteiger partial charge on any atom is -0.383 e. The Balaban J connectivity index is 1.66. The molecule has 4 N–H and O–H groups in total. The molecule has 1 aromatic carbocycles. The topological polar surface area (TPSA) is 113 Å². The van der Waals surface area contributed by atoms with Crippen LogP contribution in [0.5, 0.6) is 0 Å². The summed E-state index contributed by atoms with van der Waals surface area (Å²) in [5, 5.41) is 4.13. The lowest BCUT2D eigenvalue weighted by Crippen LogP contribution is -2.07. The van der Waals surface area contributed by atoms with Crippen LogP contribution in [-0.4, -0.2) is 29.3 Å². The molecule has 1 aliphatic rings. The van der Waals surface area contributed by atoms with Gasteiger partial charge in [0, 0.05) is 36.4 Å². The quantitative estimate of drug-likeness (QED) is 0.457. The van der Waals surface area contributed by atoms with Gasteiger partial charge in [0.2, 0.25) is 0 Å². The molecule has 32 heavy (non-hydrogen) atoms. The van der Waals surface area contributed by atoms with Gasteiger partial charge in [0.25, 0.3) is 0 Å². The Morgan fingerprint density at radius 1 is 1.06 bits per heavy atom. The van der Waals surface area contributed by atoms with E-state index < -0.39 is 5.82 Å². The van der Waals surface area contributed by atoms with Crippen LogP contribution in [0.25, 0.3) is 34.1 Å². The molecule has 0 amide bonds. The smallest absolute Gasteiger partial charge is 0.191 e. The predicted molar refractivity (Wildman–Crippen MR) is 119 cm³/mol. The molecule has 0 saturated heterocycles. The Morgan fingerprint density at radius 2 is 1.97 bits per heavy atom. The molecule has 158 valence electrons. The van der Waals surface area contributed by atoms with Crippen LogP contribution < -0.4 is 11.5 Å². The lowest BCUT2D eigenvalue weighted by atomic mass is 10.1. The molecule has 1 atom stereocenters. The second-order valence-electron chi connectivity index (χ2n) is 7.82. The van der Waals surface area contributed by atoms with Gasteiger partial charge in [0.15, 0.2) is 23.1 Å². The van der Waals surface area contributed by atoms with E-state index in [2.05, 4.69) is 21.1 Å². The fourth-order valence-electron chi connectivity index (χ4n) is 4.33. The normalized spacial score (nSPS) is 15.4. The summed E-state index contributed by atoms with van der Waals surface area (Å²) in [6.07, 6.45) is 6.67. The second-order valence-corrected chi connectivity index (χ2v) is 7.82. The molecule has 0 radical (unpaired) electrons. The van der Waals surface area contributed by atoms with E-state index in [1.165, 1.54) is 16.3 Å². The van der Waals surface area contributed by atoms with Crippen molar-refractivity contribution in [3.63, 3.8) is 0 Å². The number of benzene rings is 1. The standard InChI is InChI=1S/C23H19FN8/c24-17-12-19-23(30-22(17)31-10-2-9-28-31)32(21(29-19)16-3-1-8-27-20(16)26)14-5-6-15-13(11-14)4-7-18(15)25/h1-3,5-6,8-12,18H,4,7,25H2,(H2,26,27). The first-order chi connectivity index (χ1) is 15.6. The van der Waals surface area contributed by atoms with Crippen molar-refractivity contribution in [2.24, 2.45) is 5.73 Å². The van der Waals surface area contributed by atoms with E-state index in [-0.39, 0.29) is 11.9 Å². The van der Waals surface area contributed by atoms with Gasteiger partial charge in [-0.25, -0.2) is 24.0 Å². The van der Waals surface area contributed by atoms with Gasteiger partial charge in [0.05, 0.1) is 5.56 Å². The molecule has 0 spiro atoms. The largest absolute Gasteiger partial charge is 0.383 e. The molecule has 4 aromatic heterocycles. The fraction of sp³-hybridized carbons (Fsp3) is 0.130. The number of nitrogens with zero attached hydrogens (tertiary/aromatic N) is 6. The van der Waals surface area contributed by atoms with Crippen LogP contribution in [0.4, 0.5) is 10.2 Å². The number of nitrogens with two attached hydrogens (primary N) is 2. The highest BCUT2D eigenvalue weighted by molar-refractivity contribution is 5.83. The van der Waals surface area contributed by atoms with Crippen LogP contribution in [0.3, 0.4) is 0 Å². The van der Waals surface area contributed by atoms with Gasteiger partial charge in [-0.2, -0.15) is 5.10 Å². The number of aromatic nitrogens is 6. The summed E-state index contributed by atoms with van der Waals surface area (Å²) in [7, 11) is 0. The van der Waals surface area contributed by atoms with Crippen molar-refractivity contribution in [2.45, 2.75) is 18.9 Å². The maximum Gasteiger partial charge on any atom is 0.191 e. The van der Waals surface area contributed by atoms with E-state index in [9.17, 15) is 4.39 Å². The minimum atomic E-state index is -0.517. The number of imidazole rings is 1. The number of hydrogen-bond acceptors (Lipinski definition) is 6. The van der Waals surface area contributed by atoms with Crippen LogP contribution in [-0.2, 0) is 6.42 Å². The molecule has 0 saturated carbocycles. The maximum atomic E-state index is 14.9. The summed E-state index contributed by atoms with van der Waals surface area (Å²) in [5.41, 5.74) is 17.1. The number of nitrogen functional groups attached to an aromatic ring is 1. The number of halogens is 1. The van der Waals surface area contributed by atoms with Gasteiger partial charge in [-0.05, 0) is 54.3 Å². The zero-order valence-corrected chi connectivity index (χ0v) is 17.0. The zero-order valence-electron chi connectivity index (χ0n) is 17.0. The van der Waals surface area contributed by atoms with Crippen molar-refractivity contribution in [1.82, 2.24) is 29.3 Å². The summed E-state index contributed by atoms with van der Waals surface area (Å²) in [5.74, 6) is 0.450. The summed E-state index contributed by atoms with van der Waals surface area (Å²) in [4.78, 5) is 13.5. The van der Waals surface area contributed by atoms with Crippen LogP contribution in [0.1, 0.15) is 23.6 Å². The lowest BCUT2D eigenvalue weighted by Gasteiger charge is -2.13. The Morgan fingerprint density at radius 3 is 2.78 bits per heavy atom. The monoisotopic (exact) mass is 426 g/mol. The molecule has 1 aliphatic carbocycles. The van der Waals surface area contributed by atoms with Crippen molar-refractivity contribution in [2.75, 3.05) is 5.73 Å². The number of pyridine rings is 2. The lowest BCUT2D eigenvalue weighted by molar-refractivity contribution is 0.603. The third-order valence-corrected chi connectivity index (χ3v) is 5.88. The van der Waals surface area contributed by atoms with Crippen molar-refractivity contribution < 1.29 is 4.39 Å². The van der Waals surface area contributed by atoms with Crippen LogP contribution in [0, 0.1) is 5.82 Å². The molecular formula is C23H19FN8. The summed E-state index contributed by atoms with van der Waals surface area (Å²) in [6, 6.07) is 12.9. The van der Waals surface area contributed by atoms with E-state index in [0.29, 0.717) is 28.4 Å². The first kappa shape index (κ1) is 18.6. The molecule has 1 unspecified atom stereocenters. The molecule has 8 nitrogen and oxygen atoms in total. The summed E-state index contributed by atoms with van der Waals surface area (Å²) >= 11 is 0. The second kappa shape index (κ2) is 6.96. The van der Waals surface area contributed by atoms with Gasteiger partial charge in [-0.15, -0.1) is 0 Å². The van der Waals surface area contributed by atoms with E-state index in [0.717, 1.165) is 24.1 Å². The van der Waals surface area contributed by atoms with Gasteiger partial charge in [-0.3, -0.25) is 4.57 Å². The van der Waals surface area contributed by atoms with Gasteiger partial charge >= 0.3 is 0 Å². The van der Waals surface area contributed by atoms with Crippen LogP contribution >= 0.6 is 0 Å². The highest BCUT2D eigenvalue weighted by Crippen LogP contribution is 2.35. The van der Waals surface area contributed by atoms with Crippen LogP contribution in [0.15, 0.2) is 61.1 Å². The van der Waals surface area contributed by atoms with Crippen molar-refractivity contribution in [1.29, 1.82) is 0 Å². The highest BCUT2D eigenvalue weighted by Gasteiger charge is 2.23. The first-order valence-corrected chi connectivity index (χ1v) is 10.3. The fourth-order valence-corrected chi connectivity index (χ4v) is 4.33. The molecule has 5 aromatic rings. The Hall–Kier alpha value is -4.11. The van der Waals surface area contributed by atoms with E-state index in [1.54, 1.807) is 30.7 Å². The molecule has 6 rings (SSSR count). The Labute approximate surface area is 182 Å². The third-order valence-electron chi connectivity index (χ3n) is 5.88. The summed E-state index contributed by atoms with van der Waals surface area (Å²) < 4.78 is 18.2. The van der Waals surface area contributed by atoms with E-state index in [1.807, 2.05) is 22.8 Å². The van der Waals surface area contributed by atoms with Gasteiger partial charge in [0.1, 0.15) is 11.3 Å². The highest BCUT2D eigenvalue weighted by atomic mass is 19.1. The number of anilines is 1. The van der Waals surface area contributed by atoms with Crippen molar-refractivity contribution in [3.05, 3.63) is 78.0 Å².